The van der Waals surface area contributed by atoms with Crippen molar-refractivity contribution in [2.75, 3.05) is 26.7 Å². The number of nitrogens with zero attached hydrogens (tertiary/aromatic N) is 2. The molecule has 2 aliphatic rings. The normalized spacial score (nSPS) is 27.6. The molecule has 1 atom stereocenters. The molecule has 1 aliphatic carbocycles. The molecule has 2 rings (SSSR count). The molecule has 1 saturated carbocycles. The molecule has 1 unspecified atom stereocenters. The van der Waals surface area contributed by atoms with Crippen LogP contribution in [0.25, 0.3) is 0 Å². The second-order valence-electron chi connectivity index (χ2n) is 5.89. The lowest BCUT2D eigenvalue weighted by Crippen LogP contribution is -2.45. The number of aliphatic carboxylic acids is 1. The second-order valence-corrected chi connectivity index (χ2v) is 5.89. The maximum Gasteiger partial charge on any atom is 0.317 e. The molecular formula is C14H26N2O2. The molecule has 0 aromatic carbocycles. The van der Waals surface area contributed by atoms with Crippen LogP contribution in [0.3, 0.4) is 0 Å². The summed E-state index contributed by atoms with van der Waals surface area (Å²) in [5.74, 6) is -0.667. The van der Waals surface area contributed by atoms with Gasteiger partial charge in [0.1, 0.15) is 0 Å². The van der Waals surface area contributed by atoms with Gasteiger partial charge in [-0.15, -0.1) is 0 Å². The van der Waals surface area contributed by atoms with Crippen LogP contribution < -0.4 is 0 Å². The van der Waals surface area contributed by atoms with Crippen molar-refractivity contribution in [1.82, 2.24) is 9.80 Å². The molecule has 1 saturated heterocycles. The van der Waals surface area contributed by atoms with Crippen LogP contribution in [-0.4, -0.2) is 59.6 Å². The number of rotatable bonds is 4. The van der Waals surface area contributed by atoms with Gasteiger partial charge in [0.15, 0.2) is 0 Å². The molecule has 0 amide bonds. The van der Waals surface area contributed by atoms with Gasteiger partial charge in [-0.1, -0.05) is 12.8 Å². The summed E-state index contributed by atoms with van der Waals surface area (Å²) in [4.78, 5) is 15.8. The quantitative estimate of drug-likeness (QED) is 0.831. The molecule has 4 heteroatoms. The third-order valence-corrected chi connectivity index (χ3v) is 4.50. The van der Waals surface area contributed by atoms with Crippen LogP contribution in [0.2, 0.25) is 0 Å². The minimum Gasteiger partial charge on any atom is -0.480 e. The first kappa shape index (κ1) is 13.8. The van der Waals surface area contributed by atoms with E-state index in [0.717, 1.165) is 25.9 Å². The lowest BCUT2D eigenvalue weighted by atomic mass is 10.0. The largest absolute Gasteiger partial charge is 0.480 e. The minimum absolute atomic E-state index is 0.235. The SMILES string of the molecule is CN1CCCC(N(CC(=O)O)C2CCCC2)CC1. The Morgan fingerprint density at radius 2 is 1.72 bits per heavy atom. The smallest absolute Gasteiger partial charge is 0.317 e. The molecule has 1 aliphatic heterocycles. The maximum absolute atomic E-state index is 11.1. The van der Waals surface area contributed by atoms with Crippen molar-refractivity contribution in [1.29, 1.82) is 0 Å². The van der Waals surface area contributed by atoms with Gasteiger partial charge in [-0.05, 0) is 52.2 Å². The average Bonchev–Trinajstić information content (AvgIpc) is 2.76. The van der Waals surface area contributed by atoms with E-state index in [1.807, 2.05) is 0 Å². The minimum atomic E-state index is -0.667. The van der Waals surface area contributed by atoms with Gasteiger partial charge in [0.25, 0.3) is 0 Å². The van der Waals surface area contributed by atoms with E-state index in [1.54, 1.807) is 0 Å². The zero-order valence-corrected chi connectivity index (χ0v) is 11.5. The second kappa shape index (κ2) is 6.53. The molecule has 0 aromatic rings. The Bertz CT molecular complexity index is 277. The van der Waals surface area contributed by atoms with Gasteiger partial charge in [-0.25, -0.2) is 0 Å². The van der Waals surface area contributed by atoms with Gasteiger partial charge < -0.3 is 10.0 Å². The Morgan fingerprint density at radius 3 is 2.39 bits per heavy atom. The van der Waals surface area contributed by atoms with Crippen LogP contribution in [0.4, 0.5) is 0 Å². The average molecular weight is 254 g/mol. The summed E-state index contributed by atoms with van der Waals surface area (Å²) in [6.45, 7) is 2.49. The molecule has 0 bridgehead atoms. The molecule has 0 radical (unpaired) electrons. The highest BCUT2D eigenvalue weighted by Gasteiger charge is 2.30. The summed E-state index contributed by atoms with van der Waals surface area (Å²) >= 11 is 0. The fraction of sp³-hybridized carbons (Fsp3) is 0.929. The van der Waals surface area contributed by atoms with E-state index < -0.39 is 5.97 Å². The highest BCUT2D eigenvalue weighted by Crippen LogP contribution is 2.28. The monoisotopic (exact) mass is 254 g/mol. The first-order chi connectivity index (χ1) is 8.66. The Labute approximate surface area is 110 Å². The van der Waals surface area contributed by atoms with Crippen molar-refractivity contribution >= 4 is 5.97 Å². The van der Waals surface area contributed by atoms with Crippen LogP contribution in [0.1, 0.15) is 44.9 Å². The zero-order chi connectivity index (χ0) is 13.0. The fourth-order valence-electron chi connectivity index (χ4n) is 3.50. The number of carboxylic acids is 1. The molecule has 4 nitrogen and oxygen atoms in total. The number of carbonyl (C=O) groups is 1. The molecular weight excluding hydrogens is 228 g/mol. The van der Waals surface area contributed by atoms with Crippen LogP contribution >= 0.6 is 0 Å². The van der Waals surface area contributed by atoms with E-state index >= 15 is 0 Å². The van der Waals surface area contributed by atoms with Gasteiger partial charge in [0, 0.05) is 12.1 Å². The van der Waals surface area contributed by atoms with E-state index in [-0.39, 0.29) is 6.54 Å². The summed E-state index contributed by atoms with van der Waals surface area (Å²) in [6, 6.07) is 1.00. The van der Waals surface area contributed by atoms with E-state index in [0.29, 0.717) is 12.1 Å². The molecule has 1 heterocycles. The topological polar surface area (TPSA) is 43.8 Å². The lowest BCUT2D eigenvalue weighted by Gasteiger charge is -2.34. The number of hydrogen-bond acceptors (Lipinski definition) is 3. The van der Waals surface area contributed by atoms with E-state index in [4.69, 9.17) is 5.11 Å². The van der Waals surface area contributed by atoms with Gasteiger partial charge in [-0.3, -0.25) is 9.69 Å². The Morgan fingerprint density at radius 1 is 1.11 bits per heavy atom. The van der Waals surface area contributed by atoms with Gasteiger partial charge in [0.05, 0.1) is 6.54 Å². The summed E-state index contributed by atoms with van der Waals surface area (Å²) in [6.07, 6.45) is 8.42. The maximum atomic E-state index is 11.1. The fourth-order valence-corrected chi connectivity index (χ4v) is 3.50. The van der Waals surface area contributed by atoms with Crippen molar-refractivity contribution in [2.24, 2.45) is 0 Å². The van der Waals surface area contributed by atoms with Gasteiger partial charge in [0.2, 0.25) is 0 Å². The molecule has 2 fully saturated rings. The standard InChI is InChI=1S/C14H26N2O2/c1-15-9-4-7-13(8-10-15)16(11-14(17)18)12-5-2-3-6-12/h12-13H,2-11H2,1H3,(H,17,18). The number of hydrogen-bond donors (Lipinski definition) is 1. The first-order valence-electron chi connectivity index (χ1n) is 7.33. The summed E-state index contributed by atoms with van der Waals surface area (Å²) in [5, 5.41) is 9.15. The Balaban J connectivity index is 1.99. The van der Waals surface area contributed by atoms with E-state index in [9.17, 15) is 4.79 Å². The number of carboxylic acid groups (broad SMARTS) is 1. The van der Waals surface area contributed by atoms with Crippen molar-refractivity contribution in [3.63, 3.8) is 0 Å². The molecule has 104 valence electrons. The van der Waals surface area contributed by atoms with Crippen molar-refractivity contribution in [3.05, 3.63) is 0 Å². The summed E-state index contributed by atoms with van der Waals surface area (Å²) in [7, 11) is 2.17. The third kappa shape index (κ3) is 3.69. The van der Waals surface area contributed by atoms with E-state index in [2.05, 4.69) is 16.8 Å². The highest BCUT2D eigenvalue weighted by atomic mass is 16.4. The van der Waals surface area contributed by atoms with Gasteiger partial charge in [-0.2, -0.15) is 0 Å². The molecule has 18 heavy (non-hydrogen) atoms. The van der Waals surface area contributed by atoms with Crippen molar-refractivity contribution < 1.29 is 9.90 Å². The van der Waals surface area contributed by atoms with E-state index in [1.165, 1.54) is 32.1 Å². The Kier molecular flexibility index (Phi) is 5.01. The van der Waals surface area contributed by atoms with Crippen LogP contribution in [0.15, 0.2) is 0 Å². The first-order valence-corrected chi connectivity index (χ1v) is 7.33. The molecule has 1 N–H and O–H groups in total. The van der Waals surface area contributed by atoms with Crippen LogP contribution in [0.5, 0.6) is 0 Å². The molecule has 0 spiro atoms. The van der Waals surface area contributed by atoms with Crippen molar-refractivity contribution in [3.8, 4) is 0 Å². The third-order valence-electron chi connectivity index (χ3n) is 4.50. The van der Waals surface area contributed by atoms with Crippen molar-refractivity contribution in [2.45, 2.75) is 57.0 Å². The Hall–Kier alpha value is -0.610. The predicted octanol–water partition coefficient (Wildman–Crippen LogP) is 1.80. The molecule has 0 aromatic heterocycles. The number of likely N-dealkylation sites (tertiary alicyclic amines) is 1. The van der Waals surface area contributed by atoms with Gasteiger partial charge >= 0.3 is 5.97 Å². The predicted molar refractivity (Wildman–Crippen MR) is 71.7 cm³/mol. The highest BCUT2D eigenvalue weighted by molar-refractivity contribution is 5.69. The zero-order valence-electron chi connectivity index (χ0n) is 11.5. The lowest BCUT2D eigenvalue weighted by molar-refractivity contribution is -0.139. The van der Waals surface area contributed by atoms with Crippen LogP contribution in [-0.2, 0) is 4.79 Å². The summed E-state index contributed by atoms with van der Waals surface area (Å²) in [5.41, 5.74) is 0. The summed E-state index contributed by atoms with van der Waals surface area (Å²) < 4.78 is 0. The van der Waals surface area contributed by atoms with Crippen LogP contribution in [0, 0.1) is 0 Å².